The van der Waals surface area contributed by atoms with Gasteiger partial charge in [0.15, 0.2) is 0 Å². The molecule has 1 aliphatic rings. The van der Waals surface area contributed by atoms with Crippen LogP contribution in [0.1, 0.15) is 67.9 Å². The molecule has 0 radical (unpaired) electrons. The second kappa shape index (κ2) is 6.25. The van der Waals surface area contributed by atoms with Crippen LogP contribution < -0.4 is 5.73 Å². The van der Waals surface area contributed by atoms with Crippen molar-refractivity contribution >= 4 is 11.7 Å². The first-order valence-corrected chi connectivity index (χ1v) is 7.53. The topological polar surface area (TPSA) is 59.2 Å². The van der Waals surface area contributed by atoms with Gasteiger partial charge in [0.05, 0.1) is 0 Å². The first kappa shape index (κ1) is 14.8. The van der Waals surface area contributed by atoms with Gasteiger partial charge in [0.25, 0.3) is 5.91 Å². The highest BCUT2D eigenvalue weighted by Crippen LogP contribution is 2.24. The molecular formula is C16H25N3O. The molecule has 1 fully saturated rings. The molecule has 1 aromatic rings. The first-order valence-electron chi connectivity index (χ1n) is 7.53. The lowest BCUT2D eigenvalue weighted by atomic mass is 9.94. The van der Waals surface area contributed by atoms with Gasteiger partial charge in [-0.1, -0.05) is 33.1 Å². The van der Waals surface area contributed by atoms with E-state index in [9.17, 15) is 4.79 Å². The van der Waals surface area contributed by atoms with E-state index in [1.807, 2.05) is 18.0 Å². The van der Waals surface area contributed by atoms with E-state index in [2.05, 4.69) is 18.8 Å². The number of hydrogen-bond donors (Lipinski definition) is 1. The SMILES string of the molecule is CC(C)c1cc(C(=O)N(C)C2CCCCC2)cc(N)n1. The number of rotatable bonds is 3. The van der Waals surface area contributed by atoms with Crippen LogP contribution >= 0.6 is 0 Å². The Morgan fingerprint density at radius 1 is 1.30 bits per heavy atom. The van der Waals surface area contributed by atoms with Gasteiger partial charge in [0.1, 0.15) is 5.82 Å². The number of carbonyl (C=O) groups is 1. The minimum atomic E-state index is 0.0629. The molecule has 1 amide bonds. The molecule has 20 heavy (non-hydrogen) atoms. The fraction of sp³-hybridized carbons (Fsp3) is 0.625. The number of amides is 1. The molecular weight excluding hydrogens is 250 g/mol. The average molecular weight is 275 g/mol. The predicted octanol–water partition coefficient (Wildman–Crippen LogP) is 3.19. The van der Waals surface area contributed by atoms with Crippen LogP contribution in [-0.2, 0) is 0 Å². The number of anilines is 1. The van der Waals surface area contributed by atoms with Crippen molar-refractivity contribution in [2.75, 3.05) is 12.8 Å². The number of aromatic nitrogens is 1. The van der Waals surface area contributed by atoms with Crippen molar-refractivity contribution in [3.05, 3.63) is 23.4 Å². The van der Waals surface area contributed by atoms with Crippen LogP contribution in [0.2, 0.25) is 0 Å². The van der Waals surface area contributed by atoms with E-state index in [0.717, 1.165) is 18.5 Å². The maximum absolute atomic E-state index is 12.6. The van der Waals surface area contributed by atoms with Crippen LogP contribution in [0.3, 0.4) is 0 Å². The van der Waals surface area contributed by atoms with Gasteiger partial charge >= 0.3 is 0 Å². The molecule has 2 rings (SSSR count). The van der Waals surface area contributed by atoms with Crippen molar-refractivity contribution in [2.45, 2.75) is 57.9 Å². The van der Waals surface area contributed by atoms with Crippen LogP contribution in [0, 0.1) is 0 Å². The smallest absolute Gasteiger partial charge is 0.254 e. The summed E-state index contributed by atoms with van der Waals surface area (Å²) in [6.07, 6.45) is 5.95. The first-order chi connectivity index (χ1) is 9.49. The van der Waals surface area contributed by atoms with Gasteiger partial charge in [0.2, 0.25) is 0 Å². The molecule has 0 aliphatic heterocycles. The van der Waals surface area contributed by atoms with E-state index in [0.29, 0.717) is 17.4 Å². The average Bonchev–Trinajstić information content (AvgIpc) is 2.46. The fourth-order valence-corrected chi connectivity index (χ4v) is 2.83. The molecule has 4 heteroatoms. The maximum atomic E-state index is 12.6. The van der Waals surface area contributed by atoms with Crippen LogP contribution in [0.4, 0.5) is 5.82 Å². The van der Waals surface area contributed by atoms with E-state index in [1.165, 1.54) is 19.3 Å². The number of nitrogen functional groups attached to an aromatic ring is 1. The molecule has 1 saturated carbocycles. The van der Waals surface area contributed by atoms with Gasteiger partial charge in [-0.2, -0.15) is 0 Å². The van der Waals surface area contributed by atoms with Gasteiger partial charge in [-0.25, -0.2) is 4.98 Å². The molecule has 1 heterocycles. The Kier molecular flexibility index (Phi) is 4.63. The number of carbonyl (C=O) groups excluding carboxylic acids is 1. The number of nitrogens with two attached hydrogens (primary N) is 1. The van der Waals surface area contributed by atoms with Crippen LogP contribution in [-0.4, -0.2) is 28.9 Å². The molecule has 0 saturated heterocycles. The van der Waals surface area contributed by atoms with Gasteiger partial charge in [0, 0.05) is 24.3 Å². The lowest BCUT2D eigenvalue weighted by Crippen LogP contribution is -2.38. The molecule has 0 spiro atoms. The number of nitrogens with zero attached hydrogens (tertiary/aromatic N) is 2. The van der Waals surface area contributed by atoms with E-state index in [-0.39, 0.29) is 11.8 Å². The minimum absolute atomic E-state index is 0.0629. The van der Waals surface area contributed by atoms with Crippen LogP contribution in [0.25, 0.3) is 0 Å². The second-order valence-corrected chi connectivity index (χ2v) is 6.07. The summed E-state index contributed by atoms with van der Waals surface area (Å²) in [5.74, 6) is 0.759. The predicted molar refractivity (Wildman–Crippen MR) is 81.7 cm³/mol. The van der Waals surface area contributed by atoms with Gasteiger partial charge < -0.3 is 10.6 Å². The molecule has 0 atom stereocenters. The summed E-state index contributed by atoms with van der Waals surface area (Å²) in [5.41, 5.74) is 7.37. The van der Waals surface area contributed by atoms with Crippen molar-refractivity contribution in [3.63, 3.8) is 0 Å². The summed E-state index contributed by atoms with van der Waals surface area (Å²) in [7, 11) is 1.91. The van der Waals surface area contributed by atoms with E-state index < -0.39 is 0 Å². The summed E-state index contributed by atoms with van der Waals surface area (Å²) in [4.78, 5) is 18.8. The Hall–Kier alpha value is -1.58. The molecule has 0 aromatic carbocycles. The van der Waals surface area contributed by atoms with Crippen LogP contribution in [0.15, 0.2) is 12.1 Å². The Bertz CT molecular complexity index is 479. The fourth-order valence-electron chi connectivity index (χ4n) is 2.83. The molecule has 1 aromatic heterocycles. The maximum Gasteiger partial charge on any atom is 0.254 e. The summed E-state index contributed by atoms with van der Waals surface area (Å²) < 4.78 is 0. The van der Waals surface area contributed by atoms with E-state index >= 15 is 0 Å². The number of pyridine rings is 1. The summed E-state index contributed by atoms with van der Waals surface area (Å²) in [6.45, 7) is 4.11. The summed E-state index contributed by atoms with van der Waals surface area (Å²) in [5, 5.41) is 0. The summed E-state index contributed by atoms with van der Waals surface area (Å²) in [6, 6.07) is 3.93. The van der Waals surface area contributed by atoms with Crippen molar-refractivity contribution in [1.29, 1.82) is 0 Å². The normalized spacial score (nSPS) is 16.4. The third-order valence-electron chi connectivity index (χ3n) is 4.15. The highest BCUT2D eigenvalue weighted by molar-refractivity contribution is 5.95. The minimum Gasteiger partial charge on any atom is -0.384 e. The molecule has 4 nitrogen and oxygen atoms in total. The highest BCUT2D eigenvalue weighted by atomic mass is 16.2. The van der Waals surface area contributed by atoms with E-state index in [4.69, 9.17) is 5.73 Å². The summed E-state index contributed by atoms with van der Waals surface area (Å²) >= 11 is 0. The highest BCUT2D eigenvalue weighted by Gasteiger charge is 2.23. The largest absolute Gasteiger partial charge is 0.384 e. The molecule has 2 N–H and O–H groups in total. The van der Waals surface area contributed by atoms with Gasteiger partial charge in [-0.3, -0.25) is 4.79 Å². The van der Waals surface area contributed by atoms with Crippen molar-refractivity contribution in [2.24, 2.45) is 0 Å². The van der Waals surface area contributed by atoms with Crippen molar-refractivity contribution < 1.29 is 4.79 Å². The van der Waals surface area contributed by atoms with Gasteiger partial charge in [-0.05, 0) is 30.9 Å². The zero-order valence-electron chi connectivity index (χ0n) is 12.7. The molecule has 110 valence electrons. The number of hydrogen-bond acceptors (Lipinski definition) is 3. The Morgan fingerprint density at radius 3 is 2.55 bits per heavy atom. The van der Waals surface area contributed by atoms with Crippen molar-refractivity contribution in [3.8, 4) is 0 Å². The molecule has 0 bridgehead atoms. The Balaban J connectivity index is 2.19. The third kappa shape index (κ3) is 3.30. The second-order valence-electron chi connectivity index (χ2n) is 6.07. The molecule has 0 unspecified atom stereocenters. The van der Waals surface area contributed by atoms with Gasteiger partial charge in [-0.15, -0.1) is 0 Å². The van der Waals surface area contributed by atoms with Crippen molar-refractivity contribution in [1.82, 2.24) is 9.88 Å². The van der Waals surface area contributed by atoms with Crippen LogP contribution in [0.5, 0.6) is 0 Å². The quantitative estimate of drug-likeness (QED) is 0.921. The van der Waals surface area contributed by atoms with E-state index in [1.54, 1.807) is 6.07 Å². The molecule has 1 aliphatic carbocycles. The standard InChI is InChI=1S/C16H25N3O/c1-11(2)14-9-12(10-15(17)18-14)16(20)19(3)13-7-5-4-6-8-13/h9-11,13H,4-8H2,1-3H3,(H2,17,18). The lowest BCUT2D eigenvalue weighted by molar-refractivity contribution is 0.0696. The monoisotopic (exact) mass is 275 g/mol. The zero-order valence-corrected chi connectivity index (χ0v) is 12.7. The Morgan fingerprint density at radius 2 is 1.95 bits per heavy atom. The zero-order chi connectivity index (χ0) is 14.7. The Labute approximate surface area is 121 Å². The third-order valence-corrected chi connectivity index (χ3v) is 4.15. The lowest BCUT2D eigenvalue weighted by Gasteiger charge is -2.31.